The lowest BCUT2D eigenvalue weighted by Gasteiger charge is -2.34. The van der Waals surface area contributed by atoms with Crippen molar-refractivity contribution < 1.29 is 9.59 Å². The van der Waals surface area contributed by atoms with Crippen LogP contribution in [-0.2, 0) is 29.0 Å². The van der Waals surface area contributed by atoms with Gasteiger partial charge in [0, 0.05) is 44.6 Å². The topological polar surface area (TPSA) is 77.6 Å². The Labute approximate surface area is 239 Å². The van der Waals surface area contributed by atoms with Crippen LogP contribution in [0, 0.1) is 0 Å². The highest BCUT2D eigenvalue weighted by molar-refractivity contribution is 7.13. The fourth-order valence-electron chi connectivity index (χ4n) is 4.88. The standard InChI is InChI=1S/C32H35N5O2S/c38-30(20-25-10-4-1-5-11-25)35-29(27-14-8-3-9-15-27)22-33-32-34-28(24-40-32)23-36-16-18-37(19-17-36)31(39)21-26-12-6-2-7-13-26/h1-15,24,29H,16-23H2,(H,33,34)(H,35,38)/t29-/m1/s1. The van der Waals surface area contributed by atoms with E-state index < -0.39 is 0 Å². The number of amides is 2. The molecule has 206 valence electrons. The van der Waals surface area contributed by atoms with Gasteiger partial charge in [0.25, 0.3) is 0 Å². The molecule has 8 heteroatoms. The zero-order valence-electron chi connectivity index (χ0n) is 22.5. The molecule has 1 aromatic heterocycles. The van der Waals surface area contributed by atoms with Gasteiger partial charge in [0.2, 0.25) is 11.8 Å². The van der Waals surface area contributed by atoms with Crippen LogP contribution in [0.4, 0.5) is 5.13 Å². The van der Waals surface area contributed by atoms with Gasteiger partial charge in [-0.05, 0) is 16.7 Å². The predicted octanol–water partition coefficient (Wildman–Crippen LogP) is 4.54. The smallest absolute Gasteiger partial charge is 0.227 e. The average Bonchev–Trinajstić information content (AvgIpc) is 3.44. The van der Waals surface area contributed by atoms with Crippen molar-refractivity contribution in [2.75, 3.05) is 38.0 Å². The molecule has 1 fully saturated rings. The minimum atomic E-state index is -0.175. The van der Waals surface area contributed by atoms with Gasteiger partial charge in [0.05, 0.1) is 24.6 Å². The molecule has 1 aliphatic rings. The summed E-state index contributed by atoms with van der Waals surface area (Å²) in [7, 11) is 0. The summed E-state index contributed by atoms with van der Waals surface area (Å²) >= 11 is 1.58. The number of carbonyl (C=O) groups is 2. The molecule has 0 unspecified atom stereocenters. The first-order valence-corrected chi connectivity index (χ1v) is 14.6. The van der Waals surface area contributed by atoms with Gasteiger partial charge in [-0.15, -0.1) is 11.3 Å². The third-order valence-electron chi connectivity index (χ3n) is 7.06. The molecule has 0 aliphatic carbocycles. The molecule has 0 radical (unpaired) electrons. The monoisotopic (exact) mass is 553 g/mol. The van der Waals surface area contributed by atoms with Crippen LogP contribution in [0.1, 0.15) is 28.4 Å². The maximum Gasteiger partial charge on any atom is 0.227 e. The summed E-state index contributed by atoms with van der Waals surface area (Å²) in [6.07, 6.45) is 0.801. The molecule has 2 amide bonds. The van der Waals surface area contributed by atoms with Crippen LogP contribution in [-0.4, -0.2) is 59.3 Å². The number of thiazole rings is 1. The van der Waals surface area contributed by atoms with Crippen LogP contribution < -0.4 is 10.6 Å². The van der Waals surface area contributed by atoms with Crippen molar-refractivity contribution in [3.8, 4) is 0 Å². The molecule has 5 rings (SSSR count). The Morgan fingerprint density at radius 1 is 0.800 bits per heavy atom. The molecule has 2 heterocycles. The minimum Gasteiger partial charge on any atom is -0.359 e. The first kappa shape index (κ1) is 27.6. The molecular weight excluding hydrogens is 518 g/mol. The number of hydrogen-bond acceptors (Lipinski definition) is 6. The number of carbonyl (C=O) groups excluding carboxylic acids is 2. The summed E-state index contributed by atoms with van der Waals surface area (Å²) in [5.41, 5.74) is 4.11. The molecule has 4 aromatic rings. The van der Waals surface area contributed by atoms with Crippen molar-refractivity contribution in [1.82, 2.24) is 20.1 Å². The second kappa shape index (κ2) is 13.9. The fourth-order valence-corrected chi connectivity index (χ4v) is 5.59. The van der Waals surface area contributed by atoms with Gasteiger partial charge >= 0.3 is 0 Å². The Kier molecular flexibility index (Phi) is 9.55. The highest BCUT2D eigenvalue weighted by atomic mass is 32.1. The molecule has 1 aliphatic heterocycles. The second-order valence-corrected chi connectivity index (χ2v) is 10.9. The largest absolute Gasteiger partial charge is 0.359 e. The van der Waals surface area contributed by atoms with Gasteiger partial charge in [-0.2, -0.15) is 0 Å². The SMILES string of the molecule is O=C(Cc1ccccc1)N[C@H](CNc1nc(CN2CCN(C(=O)Cc3ccccc3)CC2)cs1)c1ccccc1. The molecule has 7 nitrogen and oxygen atoms in total. The van der Waals surface area contributed by atoms with Crippen LogP contribution in [0.5, 0.6) is 0 Å². The lowest BCUT2D eigenvalue weighted by atomic mass is 10.1. The van der Waals surface area contributed by atoms with Gasteiger partial charge in [0.1, 0.15) is 0 Å². The van der Waals surface area contributed by atoms with E-state index in [1.807, 2.05) is 95.9 Å². The van der Waals surface area contributed by atoms with Crippen molar-refractivity contribution in [3.05, 3.63) is 119 Å². The number of rotatable bonds is 11. The Morgan fingerprint density at radius 2 is 1.40 bits per heavy atom. The number of hydrogen-bond donors (Lipinski definition) is 2. The Hall–Kier alpha value is -4.01. The summed E-state index contributed by atoms with van der Waals surface area (Å²) in [5, 5.41) is 9.55. The zero-order valence-corrected chi connectivity index (χ0v) is 23.4. The van der Waals surface area contributed by atoms with Gasteiger partial charge in [-0.25, -0.2) is 4.98 Å². The second-order valence-electron chi connectivity index (χ2n) is 10.0. The molecule has 40 heavy (non-hydrogen) atoms. The van der Waals surface area contributed by atoms with E-state index in [1.54, 1.807) is 11.3 Å². The van der Waals surface area contributed by atoms with E-state index in [0.29, 0.717) is 19.4 Å². The molecule has 2 N–H and O–H groups in total. The molecule has 1 atom stereocenters. The highest BCUT2D eigenvalue weighted by Gasteiger charge is 2.22. The summed E-state index contributed by atoms with van der Waals surface area (Å²) in [5.74, 6) is 0.179. The van der Waals surface area contributed by atoms with Crippen LogP contribution in [0.3, 0.4) is 0 Å². The lowest BCUT2D eigenvalue weighted by Crippen LogP contribution is -2.48. The number of piperazine rings is 1. The van der Waals surface area contributed by atoms with E-state index in [0.717, 1.165) is 60.2 Å². The Bertz CT molecular complexity index is 1360. The summed E-state index contributed by atoms with van der Waals surface area (Å²) in [4.78, 5) is 34.6. The van der Waals surface area contributed by atoms with E-state index in [9.17, 15) is 9.59 Å². The number of benzene rings is 3. The van der Waals surface area contributed by atoms with E-state index in [1.165, 1.54) is 0 Å². The van der Waals surface area contributed by atoms with Gasteiger partial charge in [-0.1, -0.05) is 91.0 Å². The summed E-state index contributed by atoms with van der Waals surface area (Å²) in [6, 6.07) is 29.6. The lowest BCUT2D eigenvalue weighted by molar-refractivity contribution is -0.132. The first-order valence-electron chi connectivity index (χ1n) is 13.7. The van der Waals surface area contributed by atoms with Gasteiger partial charge in [-0.3, -0.25) is 14.5 Å². The van der Waals surface area contributed by atoms with Gasteiger partial charge < -0.3 is 15.5 Å². The molecule has 1 saturated heterocycles. The van der Waals surface area contributed by atoms with Crippen molar-refractivity contribution in [3.63, 3.8) is 0 Å². The normalized spacial score (nSPS) is 14.4. The summed E-state index contributed by atoms with van der Waals surface area (Å²) in [6.45, 7) is 4.45. The molecule has 3 aromatic carbocycles. The van der Waals surface area contributed by atoms with E-state index in [2.05, 4.69) is 20.9 Å². The van der Waals surface area contributed by atoms with Crippen LogP contribution in [0.15, 0.2) is 96.4 Å². The zero-order chi connectivity index (χ0) is 27.6. The average molecular weight is 554 g/mol. The predicted molar refractivity (Wildman–Crippen MR) is 160 cm³/mol. The van der Waals surface area contributed by atoms with Crippen molar-refractivity contribution >= 4 is 28.3 Å². The van der Waals surface area contributed by atoms with Gasteiger partial charge in [0.15, 0.2) is 5.13 Å². The number of nitrogens with zero attached hydrogens (tertiary/aromatic N) is 3. The molecule has 0 bridgehead atoms. The molecule has 0 spiro atoms. The van der Waals surface area contributed by atoms with E-state index in [4.69, 9.17) is 4.98 Å². The van der Waals surface area contributed by atoms with Crippen molar-refractivity contribution in [1.29, 1.82) is 0 Å². The quantitative estimate of drug-likeness (QED) is 0.285. The number of nitrogens with one attached hydrogen (secondary N) is 2. The maximum atomic E-state index is 12.8. The number of anilines is 1. The molecule has 0 saturated carbocycles. The van der Waals surface area contributed by atoms with Crippen molar-refractivity contribution in [2.24, 2.45) is 0 Å². The third kappa shape index (κ3) is 8.00. The number of aromatic nitrogens is 1. The fraction of sp³-hybridized carbons (Fsp3) is 0.281. The third-order valence-corrected chi connectivity index (χ3v) is 7.91. The van der Waals surface area contributed by atoms with Crippen LogP contribution >= 0.6 is 11.3 Å². The summed E-state index contributed by atoms with van der Waals surface area (Å²) < 4.78 is 0. The van der Waals surface area contributed by atoms with Crippen LogP contribution in [0.2, 0.25) is 0 Å². The maximum absolute atomic E-state index is 12.8. The van der Waals surface area contributed by atoms with E-state index in [-0.39, 0.29) is 17.9 Å². The Balaban J connectivity index is 1.10. The highest BCUT2D eigenvalue weighted by Crippen LogP contribution is 2.20. The van der Waals surface area contributed by atoms with Crippen LogP contribution in [0.25, 0.3) is 0 Å². The van der Waals surface area contributed by atoms with Crippen molar-refractivity contribution in [2.45, 2.75) is 25.4 Å². The van der Waals surface area contributed by atoms with E-state index >= 15 is 0 Å². The Morgan fingerprint density at radius 3 is 2.05 bits per heavy atom. The molecular formula is C32H35N5O2S. The first-order chi connectivity index (χ1) is 19.6. The minimum absolute atomic E-state index is 0.0110.